The summed E-state index contributed by atoms with van der Waals surface area (Å²) in [7, 11) is 0. The predicted molar refractivity (Wildman–Crippen MR) is 81.5 cm³/mol. The van der Waals surface area contributed by atoms with E-state index in [9.17, 15) is 4.79 Å². The van der Waals surface area contributed by atoms with E-state index in [0.717, 1.165) is 38.4 Å². The first-order valence-corrected chi connectivity index (χ1v) is 8.87. The van der Waals surface area contributed by atoms with Gasteiger partial charge < -0.3 is 10.2 Å². The maximum Gasteiger partial charge on any atom is 0.225 e. The van der Waals surface area contributed by atoms with Gasteiger partial charge in [0.1, 0.15) is 0 Å². The molecule has 1 aliphatic carbocycles. The number of hydrogen-bond donors (Lipinski definition) is 1. The van der Waals surface area contributed by atoms with E-state index in [1.54, 1.807) is 0 Å². The second-order valence-corrected chi connectivity index (χ2v) is 7.02. The lowest BCUT2D eigenvalue weighted by Gasteiger charge is -2.39. The van der Waals surface area contributed by atoms with Gasteiger partial charge in [-0.15, -0.1) is 0 Å². The van der Waals surface area contributed by atoms with Gasteiger partial charge in [0.15, 0.2) is 0 Å². The van der Waals surface area contributed by atoms with Crippen LogP contribution in [0.3, 0.4) is 0 Å². The minimum absolute atomic E-state index is 0.359. The fourth-order valence-corrected chi connectivity index (χ4v) is 4.53. The summed E-state index contributed by atoms with van der Waals surface area (Å²) in [5, 5.41) is 3.47. The van der Waals surface area contributed by atoms with Gasteiger partial charge >= 0.3 is 0 Å². The Balaban J connectivity index is 1.70. The number of nitrogens with zero attached hydrogens (tertiary/aromatic N) is 1. The zero-order chi connectivity index (χ0) is 13.8. The second kappa shape index (κ2) is 6.93. The van der Waals surface area contributed by atoms with E-state index < -0.39 is 0 Å². The maximum atomic E-state index is 12.9. The van der Waals surface area contributed by atoms with Crippen molar-refractivity contribution in [2.45, 2.75) is 70.3 Å². The zero-order valence-electron chi connectivity index (χ0n) is 12.8. The Morgan fingerprint density at radius 2 is 1.55 bits per heavy atom. The summed E-state index contributed by atoms with van der Waals surface area (Å²) in [5.74, 6) is 1.62. The lowest BCUT2D eigenvalue weighted by molar-refractivity contribution is -0.139. The van der Waals surface area contributed by atoms with Crippen molar-refractivity contribution in [2.75, 3.05) is 19.6 Å². The molecule has 0 aromatic heterocycles. The van der Waals surface area contributed by atoms with Crippen LogP contribution in [-0.4, -0.2) is 36.5 Å². The standard InChI is InChI=1S/C17H30N2O/c20-17(15-6-3-4-7-15)19-13-5-1-2-8-16(19)14-9-11-18-12-10-14/h14-16,18H,1-13H2. The van der Waals surface area contributed by atoms with Crippen molar-refractivity contribution in [2.24, 2.45) is 11.8 Å². The quantitative estimate of drug-likeness (QED) is 0.842. The molecular weight excluding hydrogens is 248 g/mol. The number of carbonyl (C=O) groups excluding carboxylic acids is 1. The Hall–Kier alpha value is -0.570. The van der Waals surface area contributed by atoms with Crippen molar-refractivity contribution in [3.8, 4) is 0 Å². The number of rotatable bonds is 2. The molecule has 3 fully saturated rings. The van der Waals surface area contributed by atoms with Crippen LogP contribution in [-0.2, 0) is 4.79 Å². The zero-order valence-corrected chi connectivity index (χ0v) is 12.8. The molecule has 3 heteroatoms. The molecule has 114 valence electrons. The highest BCUT2D eigenvalue weighted by Gasteiger charge is 2.35. The smallest absolute Gasteiger partial charge is 0.225 e. The summed E-state index contributed by atoms with van der Waals surface area (Å²) in [6.45, 7) is 3.32. The van der Waals surface area contributed by atoms with Gasteiger partial charge in [0.05, 0.1) is 0 Å². The lowest BCUT2D eigenvalue weighted by Crippen LogP contribution is -2.48. The summed E-state index contributed by atoms with van der Waals surface area (Å²) < 4.78 is 0. The molecule has 0 spiro atoms. The van der Waals surface area contributed by atoms with E-state index in [4.69, 9.17) is 0 Å². The molecule has 1 N–H and O–H groups in total. The Morgan fingerprint density at radius 1 is 0.850 bits per heavy atom. The number of hydrogen-bond acceptors (Lipinski definition) is 2. The van der Waals surface area contributed by atoms with Crippen molar-refractivity contribution in [1.29, 1.82) is 0 Å². The molecule has 1 amide bonds. The first kappa shape index (κ1) is 14.4. The van der Waals surface area contributed by atoms with Gasteiger partial charge in [-0.3, -0.25) is 4.79 Å². The molecule has 0 bridgehead atoms. The molecule has 20 heavy (non-hydrogen) atoms. The molecule has 1 atom stereocenters. The Kier molecular flexibility index (Phi) is 4.98. The van der Waals surface area contributed by atoms with Gasteiger partial charge in [0.2, 0.25) is 5.91 Å². The molecule has 0 aromatic carbocycles. The molecule has 3 rings (SSSR count). The van der Waals surface area contributed by atoms with Crippen LogP contribution in [0.1, 0.15) is 64.2 Å². The van der Waals surface area contributed by atoms with Gasteiger partial charge in [-0.2, -0.15) is 0 Å². The SMILES string of the molecule is O=C(C1CCCC1)N1CCCCCC1C1CCNCC1. The Labute approximate surface area is 123 Å². The first-order chi connectivity index (χ1) is 9.86. The minimum Gasteiger partial charge on any atom is -0.339 e. The first-order valence-electron chi connectivity index (χ1n) is 8.87. The molecular formula is C17H30N2O. The minimum atomic E-state index is 0.359. The van der Waals surface area contributed by atoms with Crippen molar-refractivity contribution in [1.82, 2.24) is 10.2 Å². The molecule has 3 aliphatic rings. The summed E-state index contributed by atoms with van der Waals surface area (Å²) in [5.41, 5.74) is 0. The van der Waals surface area contributed by atoms with E-state index >= 15 is 0 Å². The lowest BCUT2D eigenvalue weighted by atomic mass is 9.86. The number of carbonyl (C=O) groups is 1. The van der Waals surface area contributed by atoms with Crippen LogP contribution in [0.4, 0.5) is 0 Å². The highest BCUT2D eigenvalue weighted by Crippen LogP contribution is 2.33. The van der Waals surface area contributed by atoms with E-state index in [1.165, 1.54) is 51.4 Å². The van der Waals surface area contributed by atoms with E-state index in [2.05, 4.69) is 10.2 Å². The third-order valence-corrected chi connectivity index (χ3v) is 5.71. The van der Waals surface area contributed by atoms with E-state index in [-0.39, 0.29) is 0 Å². The third kappa shape index (κ3) is 3.19. The number of piperidine rings is 1. The van der Waals surface area contributed by atoms with Crippen LogP contribution < -0.4 is 5.32 Å². The number of likely N-dealkylation sites (tertiary alicyclic amines) is 1. The molecule has 1 unspecified atom stereocenters. The number of nitrogens with one attached hydrogen (secondary N) is 1. The predicted octanol–water partition coefficient (Wildman–Crippen LogP) is 2.95. The van der Waals surface area contributed by atoms with Gasteiger partial charge in [-0.1, -0.05) is 25.7 Å². The molecule has 0 radical (unpaired) electrons. The van der Waals surface area contributed by atoms with Gasteiger partial charge in [-0.05, 0) is 57.5 Å². The Bertz CT molecular complexity index is 319. The largest absolute Gasteiger partial charge is 0.339 e. The molecule has 1 saturated carbocycles. The van der Waals surface area contributed by atoms with Gasteiger partial charge in [-0.25, -0.2) is 0 Å². The third-order valence-electron chi connectivity index (χ3n) is 5.71. The van der Waals surface area contributed by atoms with Crippen LogP contribution in [0.25, 0.3) is 0 Å². The number of amides is 1. The molecule has 3 nitrogen and oxygen atoms in total. The van der Waals surface area contributed by atoms with Gasteiger partial charge in [0, 0.05) is 18.5 Å². The fourth-order valence-electron chi connectivity index (χ4n) is 4.53. The van der Waals surface area contributed by atoms with Crippen LogP contribution in [0.2, 0.25) is 0 Å². The van der Waals surface area contributed by atoms with Crippen LogP contribution in [0.15, 0.2) is 0 Å². The molecule has 2 saturated heterocycles. The molecule has 2 aliphatic heterocycles. The van der Waals surface area contributed by atoms with Crippen LogP contribution in [0.5, 0.6) is 0 Å². The summed E-state index contributed by atoms with van der Waals surface area (Å²) in [6, 6.07) is 0.549. The highest BCUT2D eigenvalue weighted by atomic mass is 16.2. The summed E-state index contributed by atoms with van der Waals surface area (Å²) in [6.07, 6.45) is 12.5. The Morgan fingerprint density at radius 3 is 2.30 bits per heavy atom. The molecule has 0 aromatic rings. The van der Waals surface area contributed by atoms with Crippen molar-refractivity contribution < 1.29 is 4.79 Å². The fraction of sp³-hybridized carbons (Fsp3) is 0.941. The monoisotopic (exact) mass is 278 g/mol. The average Bonchev–Trinajstić information content (AvgIpc) is 2.92. The van der Waals surface area contributed by atoms with E-state index in [1.807, 2.05) is 0 Å². The second-order valence-electron chi connectivity index (χ2n) is 7.02. The average molecular weight is 278 g/mol. The van der Waals surface area contributed by atoms with Crippen LogP contribution in [0, 0.1) is 11.8 Å². The topological polar surface area (TPSA) is 32.3 Å². The van der Waals surface area contributed by atoms with Crippen molar-refractivity contribution >= 4 is 5.91 Å². The van der Waals surface area contributed by atoms with E-state index in [0.29, 0.717) is 17.9 Å². The van der Waals surface area contributed by atoms with Crippen LogP contribution >= 0.6 is 0 Å². The van der Waals surface area contributed by atoms with Crippen molar-refractivity contribution in [3.05, 3.63) is 0 Å². The molecule has 2 heterocycles. The highest BCUT2D eigenvalue weighted by molar-refractivity contribution is 5.79. The van der Waals surface area contributed by atoms with Crippen molar-refractivity contribution in [3.63, 3.8) is 0 Å². The summed E-state index contributed by atoms with van der Waals surface area (Å²) >= 11 is 0. The summed E-state index contributed by atoms with van der Waals surface area (Å²) in [4.78, 5) is 15.2. The van der Waals surface area contributed by atoms with Gasteiger partial charge in [0.25, 0.3) is 0 Å². The normalized spacial score (nSPS) is 30.4. The maximum absolute atomic E-state index is 12.9.